The summed E-state index contributed by atoms with van der Waals surface area (Å²) >= 11 is 17.2. The standard InChI is InChI=1S/C14H13BrCl2S/c1-2-3-9-4-6-10(7-5-9)13(15)11-8-12(16)18-14(11)17/h4-8,13H,2-3H2,1H3. The van der Waals surface area contributed by atoms with Gasteiger partial charge in [-0.05, 0) is 23.6 Å². The minimum absolute atomic E-state index is 0.101. The van der Waals surface area contributed by atoms with Crippen molar-refractivity contribution in [2.75, 3.05) is 0 Å². The fraction of sp³-hybridized carbons (Fsp3) is 0.286. The maximum atomic E-state index is 6.17. The third-order valence-electron chi connectivity index (χ3n) is 2.77. The highest BCUT2D eigenvalue weighted by molar-refractivity contribution is 9.09. The van der Waals surface area contributed by atoms with Gasteiger partial charge < -0.3 is 0 Å². The molecule has 0 amide bonds. The lowest BCUT2D eigenvalue weighted by molar-refractivity contribution is 0.920. The summed E-state index contributed by atoms with van der Waals surface area (Å²) in [4.78, 5) is 0.101. The first kappa shape index (κ1) is 14.4. The molecule has 0 spiro atoms. The number of hydrogen-bond acceptors (Lipinski definition) is 1. The molecule has 0 fully saturated rings. The van der Waals surface area contributed by atoms with Gasteiger partial charge in [-0.25, -0.2) is 0 Å². The molecule has 1 aromatic carbocycles. The number of aryl methyl sites for hydroxylation is 1. The first-order valence-electron chi connectivity index (χ1n) is 5.79. The van der Waals surface area contributed by atoms with E-state index >= 15 is 0 Å². The monoisotopic (exact) mass is 362 g/mol. The van der Waals surface area contributed by atoms with Gasteiger partial charge in [-0.3, -0.25) is 0 Å². The van der Waals surface area contributed by atoms with E-state index in [1.165, 1.54) is 28.9 Å². The Hall–Kier alpha value is -0.0200. The summed E-state index contributed by atoms with van der Waals surface area (Å²) in [7, 11) is 0. The Labute approximate surface area is 130 Å². The van der Waals surface area contributed by atoms with E-state index in [0.29, 0.717) is 0 Å². The van der Waals surface area contributed by atoms with Crippen molar-refractivity contribution in [2.24, 2.45) is 0 Å². The van der Waals surface area contributed by atoms with Gasteiger partial charge in [-0.1, -0.05) is 76.7 Å². The van der Waals surface area contributed by atoms with Crippen LogP contribution in [0.4, 0.5) is 0 Å². The Kier molecular flexibility index (Phi) is 5.14. The van der Waals surface area contributed by atoms with Crippen molar-refractivity contribution in [3.05, 3.63) is 55.7 Å². The Morgan fingerprint density at radius 3 is 2.39 bits per heavy atom. The van der Waals surface area contributed by atoms with Gasteiger partial charge in [0.15, 0.2) is 0 Å². The van der Waals surface area contributed by atoms with Crippen LogP contribution in [0.1, 0.15) is 34.9 Å². The minimum atomic E-state index is 0.101. The summed E-state index contributed by atoms with van der Waals surface area (Å²) < 4.78 is 1.47. The van der Waals surface area contributed by atoms with E-state index in [2.05, 4.69) is 47.1 Å². The summed E-state index contributed by atoms with van der Waals surface area (Å²) in [6.45, 7) is 2.19. The van der Waals surface area contributed by atoms with Crippen molar-refractivity contribution < 1.29 is 0 Å². The SMILES string of the molecule is CCCc1ccc(C(Br)c2cc(Cl)sc2Cl)cc1. The first-order chi connectivity index (χ1) is 8.61. The molecular formula is C14H13BrCl2S. The average Bonchev–Trinajstić information content (AvgIpc) is 2.69. The van der Waals surface area contributed by atoms with Gasteiger partial charge in [0.25, 0.3) is 0 Å². The van der Waals surface area contributed by atoms with Crippen LogP contribution in [-0.2, 0) is 6.42 Å². The first-order valence-corrected chi connectivity index (χ1v) is 8.28. The molecule has 18 heavy (non-hydrogen) atoms. The third kappa shape index (κ3) is 3.30. The van der Waals surface area contributed by atoms with Crippen LogP contribution < -0.4 is 0 Å². The van der Waals surface area contributed by atoms with Crippen LogP contribution in [0.25, 0.3) is 0 Å². The molecule has 1 heterocycles. The highest BCUT2D eigenvalue weighted by Crippen LogP contribution is 2.41. The maximum absolute atomic E-state index is 6.17. The molecule has 0 nitrogen and oxygen atoms in total. The van der Waals surface area contributed by atoms with Crippen molar-refractivity contribution in [2.45, 2.75) is 24.6 Å². The quantitative estimate of drug-likeness (QED) is 0.544. The van der Waals surface area contributed by atoms with Crippen molar-refractivity contribution in [3.63, 3.8) is 0 Å². The van der Waals surface area contributed by atoms with Gasteiger partial charge in [0.2, 0.25) is 0 Å². The predicted molar refractivity (Wildman–Crippen MR) is 85.5 cm³/mol. The van der Waals surface area contributed by atoms with Crippen LogP contribution in [0.5, 0.6) is 0 Å². The molecule has 0 bridgehead atoms. The topological polar surface area (TPSA) is 0 Å². The number of hydrogen-bond donors (Lipinski definition) is 0. The molecule has 1 atom stereocenters. The van der Waals surface area contributed by atoms with Gasteiger partial charge in [0, 0.05) is 5.56 Å². The lowest BCUT2D eigenvalue weighted by Crippen LogP contribution is -1.92. The zero-order valence-electron chi connectivity index (χ0n) is 9.92. The van der Waals surface area contributed by atoms with Crippen LogP contribution in [0.3, 0.4) is 0 Å². The van der Waals surface area contributed by atoms with Crippen LogP contribution in [0.2, 0.25) is 8.67 Å². The van der Waals surface area contributed by atoms with E-state index in [0.717, 1.165) is 20.7 Å². The van der Waals surface area contributed by atoms with Crippen molar-refractivity contribution in [3.8, 4) is 0 Å². The van der Waals surface area contributed by atoms with E-state index in [4.69, 9.17) is 23.2 Å². The normalized spacial score (nSPS) is 12.7. The molecule has 0 aliphatic heterocycles. The molecule has 2 rings (SSSR count). The molecule has 1 aromatic heterocycles. The summed E-state index contributed by atoms with van der Waals surface area (Å²) in [5, 5.41) is 0. The smallest absolute Gasteiger partial charge is 0.0990 e. The summed E-state index contributed by atoms with van der Waals surface area (Å²) in [6.07, 6.45) is 2.29. The molecular weight excluding hydrogens is 351 g/mol. The second kappa shape index (κ2) is 6.42. The van der Waals surface area contributed by atoms with Gasteiger partial charge in [0.1, 0.15) is 0 Å². The minimum Gasteiger partial charge on any atom is -0.111 e. The molecule has 2 aromatic rings. The second-order valence-electron chi connectivity index (χ2n) is 4.13. The molecule has 0 aliphatic carbocycles. The molecule has 0 radical (unpaired) electrons. The Bertz CT molecular complexity index is 519. The third-order valence-corrected chi connectivity index (χ3v) is 5.31. The number of alkyl halides is 1. The highest BCUT2D eigenvalue weighted by Gasteiger charge is 2.16. The van der Waals surface area contributed by atoms with E-state index in [-0.39, 0.29) is 4.83 Å². The van der Waals surface area contributed by atoms with Crippen molar-refractivity contribution >= 4 is 50.5 Å². The van der Waals surface area contributed by atoms with Crippen LogP contribution in [-0.4, -0.2) is 0 Å². The summed E-state index contributed by atoms with van der Waals surface area (Å²) in [5.41, 5.74) is 3.61. The number of thiophene rings is 1. The van der Waals surface area contributed by atoms with Gasteiger partial charge in [0.05, 0.1) is 13.5 Å². The van der Waals surface area contributed by atoms with Crippen molar-refractivity contribution in [1.29, 1.82) is 0 Å². The molecule has 96 valence electrons. The predicted octanol–water partition coefficient (Wildman–Crippen LogP) is 6.49. The number of rotatable bonds is 4. The Balaban J connectivity index is 2.23. The lowest BCUT2D eigenvalue weighted by Gasteiger charge is -2.10. The molecule has 0 saturated heterocycles. The largest absolute Gasteiger partial charge is 0.111 e. The fourth-order valence-corrected chi connectivity index (χ4v) is 4.33. The number of benzene rings is 1. The fourth-order valence-electron chi connectivity index (χ4n) is 1.85. The molecule has 1 unspecified atom stereocenters. The second-order valence-corrected chi connectivity index (χ2v) is 7.33. The van der Waals surface area contributed by atoms with Gasteiger partial charge in [-0.2, -0.15) is 0 Å². The lowest BCUT2D eigenvalue weighted by atomic mass is 10.0. The molecule has 0 N–H and O–H groups in total. The van der Waals surface area contributed by atoms with Crippen LogP contribution in [0, 0.1) is 0 Å². The molecule has 4 heteroatoms. The zero-order chi connectivity index (χ0) is 13.1. The Morgan fingerprint density at radius 1 is 1.22 bits per heavy atom. The Morgan fingerprint density at radius 2 is 1.89 bits per heavy atom. The van der Waals surface area contributed by atoms with E-state index in [1.54, 1.807) is 0 Å². The molecule has 0 aliphatic rings. The highest BCUT2D eigenvalue weighted by atomic mass is 79.9. The summed E-state index contributed by atoms with van der Waals surface area (Å²) in [6, 6.07) is 10.6. The van der Waals surface area contributed by atoms with E-state index in [9.17, 15) is 0 Å². The van der Waals surface area contributed by atoms with Gasteiger partial charge in [-0.15, -0.1) is 11.3 Å². The van der Waals surface area contributed by atoms with Crippen LogP contribution >= 0.6 is 50.5 Å². The van der Waals surface area contributed by atoms with Crippen molar-refractivity contribution in [1.82, 2.24) is 0 Å². The number of halogens is 3. The van der Waals surface area contributed by atoms with E-state index in [1.807, 2.05) is 6.07 Å². The maximum Gasteiger partial charge on any atom is 0.0990 e. The average molecular weight is 364 g/mol. The van der Waals surface area contributed by atoms with Gasteiger partial charge >= 0.3 is 0 Å². The van der Waals surface area contributed by atoms with Crippen LogP contribution in [0.15, 0.2) is 30.3 Å². The van der Waals surface area contributed by atoms with E-state index < -0.39 is 0 Å². The molecule has 0 saturated carbocycles. The summed E-state index contributed by atoms with van der Waals surface area (Å²) in [5.74, 6) is 0. The zero-order valence-corrected chi connectivity index (χ0v) is 13.8.